The minimum absolute atomic E-state index is 0.00791. The van der Waals surface area contributed by atoms with Gasteiger partial charge in [0, 0.05) is 32.2 Å². The maximum Gasteiger partial charge on any atom is 0.434 e. The first kappa shape index (κ1) is 24.6. The van der Waals surface area contributed by atoms with Crippen molar-refractivity contribution in [3.63, 3.8) is 0 Å². The Bertz CT molecular complexity index is 1170. The Morgan fingerprint density at radius 3 is 2.72 bits per heavy atom. The molecule has 1 saturated carbocycles. The van der Waals surface area contributed by atoms with Gasteiger partial charge >= 0.3 is 6.18 Å². The minimum Gasteiger partial charge on any atom is -0.378 e. The van der Waals surface area contributed by atoms with Gasteiger partial charge in [0.05, 0.1) is 24.7 Å². The summed E-state index contributed by atoms with van der Waals surface area (Å²) in [6.45, 7) is 6.45. The van der Waals surface area contributed by atoms with Crippen molar-refractivity contribution in [2.75, 3.05) is 40.1 Å². The molecule has 14 heteroatoms. The van der Waals surface area contributed by atoms with Crippen LogP contribution in [0.25, 0.3) is 0 Å². The van der Waals surface area contributed by atoms with E-state index in [9.17, 15) is 18.0 Å². The largest absolute Gasteiger partial charge is 0.434 e. The zero-order chi connectivity index (χ0) is 25.7. The molecule has 1 saturated heterocycles. The third-order valence-electron chi connectivity index (χ3n) is 6.81. The zero-order valence-corrected chi connectivity index (χ0v) is 20.5. The van der Waals surface area contributed by atoms with Crippen LogP contribution in [0.5, 0.6) is 0 Å². The molecule has 2 aromatic heterocycles. The summed E-state index contributed by atoms with van der Waals surface area (Å²) in [5.74, 6) is 1.29. The number of anilines is 4. The lowest BCUT2D eigenvalue weighted by molar-refractivity contribution is -0.141. The summed E-state index contributed by atoms with van der Waals surface area (Å²) in [7, 11) is 1.85. The van der Waals surface area contributed by atoms with E-state index >= 15 is 0 Å². The van der Waals surface area contributed by atoms with Crippen molar-refractivity contribution < 1.29 is 22.7 Å². The summed E-state index contributed by atoms with van der Waals surface area (Å²) in [4.78, 5) is 31.5. The molecule has 36 heavy (non-hydrogen) atoms. The molecule has 10 nitrogen and oxygen atoms in total. The molecule has 192 valence electrons. The van der Waals surface area contributed by atoms with E-state index in [0.29, 0.717) is 55.6 Å². The Kier molecular flexibility index (Phi) is 6.19. The van der Waals surface area contributed by atoms with Crippen LogP contribution in [0.15, 0.2) is 24.4 Å². The van der Waals surface area contributed by atoms with Crippen LogP contribution in [0.1, 0.15) is 30.7 Å². The molecule has 0 unspecified atom stereocenters. The monoisotopic (exact) mass is 522 g/mol. The summed E-state index contributed by atoms with van der Waals surface area (Å²) in [6.07, 6.45) is -0.764. The fourth-order valence-electron chi connectivity index (χ4n) is 4.65. The van der Waals surface area contributed by atoms with Gasteiger partial charge < -0.3 is 20.3 Å². The molecule has 0 bridgehead atoms. The number of carbonyl (C=O) groups excluding carboxylic acids is 1. The van der Waals surface area contributed by atoms with E-state index < -0.39 is 17.4 Å². The number of carbonyl (C=O) groups is 1. The molecule has 1 amide bonds. The predicted octanol–water partition coefficient (Wildman–Crippen LogP) is 3.38. The molecule has 1 atom stereocenters. The summed E-state index contributed by atoms with van der Waals surface area (Å²) in [5.41, 5.74) is -0.593. The molecular formula is C22H25F3N8O2S. The molecule has 0 aromatic carbocycles. The normalized spacial score (nSPS) is 25.2. The number of nitrogens with zero attached hydrogens (tertiary/aromatic N) is 6. The molecular weight excluding hydrogens is 497 g/mol. The first-order valence-electron chi connectivity index (χ1n) is 11.4. The first-order chi connectivity index (χ1) is 17.1. The highest BCUT2D eigenvalue weighted by Crippen LogP contribution is 2.42. The smallest absolute Gasteiger partial charge is 0.378 e. The number of rotatable bonds is 6. The second-order valence-corrected chi connectivity index (χ2v) is 9.94. The van der Waals surface area contributed by atoms with Crippen molar-refractivity contribution in [1.29, 1.82) is 0 Å². The lowest BCUT2D eigenvalue weighted by atomic mass is 9.87. The van der Waals surface area contributed by atoms with Crippen molar-refractivity contribution in [3.8, 4) is 0 Å². The molecule has 1 spiro atoms. The SMILES string of the molecule is C=CSN(c1nc(C)c2c(n1)N(C)[C@]1(CCOC1)C(=O)N2)[C@H]1C[C@@H](Nc2cnc(C(F)(F)F)cn2)C1. The molecule has 2 aliphatic heterocycles. The van der Waals surface area contributed by atoms with E-state index in [1.807, 2.05) is 23.2 Å². The van der Waals surface area contributed by atoms with Crippen LogP contribution in [0.2, 0.25) is 0 Å². The van der Waals surface area contributed by atoms with Gasteiger partial charge in [-0.2, -0.15) is 18.2 Å². The Morgan fingerprint density at radius 1 is 1.33 bits per heavy atom. The molecule has 3 aliphatic rings. The van der Waals surface area contributed by atoms with E-state index in [2.05, 4.69) is 32.2 Å². The van der Waals surface area contributed by atoms with Gasteiger partial charge in [-0.3, -0.25) is 9.10 Å². The lowest BCUT2D eigenvalue weighted by Gasteiger charge is -2.44. The number of aromatic nitrogens is 4. The summed E-state index contributed by atoms with van der Waals surface area (Å²) in [5, 5.41) is 7.79. The number of halogens is 3. The number of amides is 1. The van der Waals surface area contributed by atoms with Crippen LogP contribution < -0.4 is 19.8 Å². The van der Waals surface area contributed by atoms with Gasteiger partial charge in [-0.15, -0.1) is 0 Å². The number of ether oxygens (including phenoxy) is 1. The molecule has 2 aromatic rings. The predicted molar refractivity (Wildman–Crippen MR) is 130 cm³/mol. The first-order valence-corrected chi connectivity index (χ1v) is 12.2. The minimum atomic E-state index is -4.52. The highest BCUT2D eigenvalue weighted by Gasteiger charge is 2.51. The van der Waals surface area contributed by atoms with Crippen LogP contribution in [0, 0.1) is 6.92 Å². The highest BCUT2D eigenvalue weighted by molar-refractivity contribution is 8.03. The van der Waals surface area contributed by atoms with Crippen molar-refractivity contribution in [1.82, 2.24) is 19.9 Å². The van der Waals surface area contributed by atoms with Crippen LogP contribution in [0.4, 0.5) is 36.4 Å². The van der Waals surface area contributed by atoms with Gasteiger partial charge in [0.1, 0.15) is 17.0 Å². The van der Waals surface area contributed by atoms with E-state index in [4.69, 9.17) is 9.72 Å². The summed E-state index contributed by atoms with van der Waals surface area (Å²) in [6, 6.07) is 0.0613. The average Bonchev–Trinajstić information content (AvgIpc) is 3.30. The Balaban J connectivity index is 1.32. The third kappa shape index (κ3) is 4.21. The van der Waals surface area contributed by atoms with Gasteiger partial charge in [-0.1, -0.05) is 6.58 Å². The lowest BCUT2D eigenvalue weighted by Crippen LogP contribution is -2.59. The quantitative estimate of drug-likeness (QED) is 0.548. The molecule has 4 heterocycles. The summed E-state index contributed by atoms with van der Waals surface area (Å²) < 4.78 is 45.7. The standard InChI is InChI=1S/C22H25F3N8O2S/c1-4-36-33(14-7-13(8-14)29-16-10-26-15(9-27-16)22(23,24)25)20-28-12(2)17-18(31-20)32(3)21(19(34)30-17)5-6-35-11-21/h4,9-10,13-14H,1,5-8,11H2,2-3H3,(H,27,29)(H,30,34)/t13-,14+,21-/m0/s1. The van der Waals surface area contributed by atoms with Crippen LogP contribution in [-0.2, 0) is 15.7 Å². The van der Waals surface area contributed by atoms with Crippen LogP contribution >= 0.6 is 11.9 Å². The van der Waals surface area contributed by atoms with Crippen LogP contribution in [0.3, 0.4) is 0 Å². The zero-order valence-electron chi connectivity index (χ0n) is 19.7. The third-order valence-corrected chi connectivity index (χ3v) is 7.64. The number of hydrogen-bond donors (Lipinski definition) is 2. The fraction of sp³-hybridized carbons (Fsp3) is 0.500. The Morgan fingerprint density at radius 2 is 2.11 bits per heavy atom. The van der Waals surface area contributed by atoms with Gasteiger partial charge in [0.25, 0.3) is 5.91 Å². The van der Waals surface area contributed by atoms with E-state index in [-0.39, 0.29) is 23.8 Å². The molecule has 5 rings (SSSR count). The topological polar surface area (TPSA) is 108 Å². The average molecular weight is 523 g/mol. The number of likely N-dealkylation sites (N-methyl/N-ethyl adjacent to an activating group) is 1. The van der Waals surface area contributed by atoms with E-state index in [1.165, 1.54) is 11.9 Å². The molecule has 2 N–H and O–H groups in total. The van der Waals surface area contributed by atoms with Gasteiger partial charge in [0.2, 0.25) is 5.95 Å². The number of hydrogen-bond acceptors (Lipinski definition) is 10. The summed E-state index contributed by atoms with van der Waals surface area (Å²) >= 11 is 1.37. The van der Waals surface area contributed by atoms with Gasteiger partial charge in [-0.25, -0.2) is 15.0 Å². The maximum absolute atomic E-state index is 12.9. The molecule has 1 aliphatic carbocycles. The fourth-order valence-corrected chi connectivity index (χ4v) is 5.33. The number of alkyl halides is 3. The van der Waals surface area contributed by atoms with E-state index in [0.717, 1.165) is 12.4 Å². The second-order valence-electron chi connectivity index (χ2n) is 9.00. The highest BCUT2D eigenvalue weighted by atomic mass is 32.2. The Hall–Kier alpha value is -3.13. The Labute approximate surface area is 209 Å². The van der Waals surface area contributed by atoms with Crippen molar-refractivity contribution in [3.05, 3.63) is 35.8 Å². The van der Waals surface area contributed by atoms with Gasteiger partial charge in [0.15, 0.2) is 11.5 Å². The van der Waals surface area contributed by atoms with E-state index in [1.54, 1.807) is 5.41 Å². The number of aryl methyl sites for hydroxylation is 1. The van der Waals surface area contributed by atoms with Crippen molar-refractivity contribution >= 4 is 41.1 Å². The number of nitrogens with one attached hydrogen (secondary N) is 2. The second kappa shape index (κ2) is 9.07. The molecule has 0 radical (unpaired) electrons. The molecule has 2 fully saturated rings. The number of fused-ring (bicyclic) bond motifs is 1. The van der Waals surface area contributed by atoms with Gasteiger partial charge in [-0.05, 0) is 37.1 Å². The van der Waals surface area contributed by atoms with Crippen LogP contribution in [-0.4, -0.2) is 63.7 Å². The van der Waals surface area contributed by atoms with Crippen molar-refractivity contribution in [2.24, 2.45) is 0 Å². The maximum atomic E-state index is 12.9. The van der Waals surface area contributed by atoms with Crippen molar-refractivity contribution in [2.45, 2.75) is 50.0 Å².